The third-order valence-corrected chi connectivity index (χ3v) is 4.55. The van der Waals surface area contributed by atoms with Gasteiger partial charge in [-0.25, -0.2) is 0 Å². The Morgan fingerprint density at radius 2 is 1.73 bits per heavy atom. The molecular formula is C18H20ClN5O2. The zero-order valence-electron chi connectivity index (χ0n) is 14.5. The Morgan fingerprint density at radius 3 is 2.31 bits per heavy atom. The lowest BCUT2D eigenvalue weighted by Gasteiger charge is -2.34. The maximum Gasteiger partial charge on any atom is 0.272 e. The van der Waals surface area contributed by atoms with E-state index in [0.29, 0.717) is 43.6 Å². The first-order valence-corrected chi connectivity index (χ1v) is 8.77. The van der Waals surface area contributed by atoms with Crippen LogP contribution in [-0.4, -0.2) is 53.1 Å². The van der Waals surface area contributed by atoms with E-state index >= 15 is 0 Å². The zero-order valence-corrected chi connectivity index (χ0v) is 15.2. The number of carbonyl (C=O) groups is 2. The fourth-order valence-electron chi connectivity index (χ4n) is 2.74. The molecule has 0 bridgehead atoms. The van der Waals surface area contributed by atoms with Crippen molar-refractivity contribution in [2.24, 2.45) is 0 Å². The highest BCUT2D eigenvalue weighted by molar-refractivity contribution is 6.30. The van der Waals surface area contributed by atoms with E-state index in [0.717, 1.165) is 5.56 Å². The fourth-order valence-corrected chi connectivity index (χ4v) is 2.87. The van der Waals surface area contributed by atoms with Crippen LogP contribution in [0.3, 0.4) is 0 Å². The van der Waals surface area contributed by atoms with Gasteiger partial charge >= 0.3 is 0 Å². The van der Waals surface area contributed by atoms with Gasteiger partial charge in [0.05, 0.1) is 0 Å². The molecule has 1 aliphatic rings. The number of aromatic nitrogens is 2. The molecule has 0 spiro atoms. The van der Waals surface area contributed by atoms with Gasteiger partial charge in [0.2, 0.25) is 5.91 Å². The van der Waals surface area contributed by atoms with Crippen molar-refractivity contribution in [2.75, 3.05) is 31.1 Å². The van der Waals surface area contributed by atoms with Crippen LogP contribution < -0.4 is 10.2 Å². The largest absolute Gasteiger partial charge is 0.352 e. The molecule has 1 aromatic heterocycles. The van der Waals surface area contributed by atoms with Crippen molar-refractivity contribution in [3.8, 4) is 0 Å². The first-order valence-electron chi connectivity index (χ1n) is 8.40. The lowest BCUT2D eigenvalue weighted by Crippen LogP contribution is -2.48. The minimum Gasteiger partial charge on any atom is -0.352 e. The summed E-state index contributed by atoms with van der Waals surface area (Å²) in [5.41, 5.74) is 1.22. The molecule has 26 heavy (non-hydrogen) atoms. The Hall–Kier alpha value is -2.67. The summed E-state index contributed by atoms with van der Waals surface area (Å²) in [6.45, 7) is 4.72. The Kier molecular flexibility index (Phi) is 5.68. The second-order valence-corrected chi connectivity index (χ2v) is 6.52. The third-order valence-electron chi connectivity index (χ3n) is 4.30. The number of hydrogen-bond donors (Lipinski definition) is 1. The topological polar surface area (TPSA) is 78.4 Å². The van der Waals surface area contributed by atoms with E-state index in [4.69, 9.17) is 11.6 Å². The lowest BCUT2D eigenvalue weighted by molar-refractivity contribution is -0.129. The third kappa shape index (κ3) is 4.49. The summed E-state index contributed by atoms with van der Waals surface area (Å²) < 4.78 is 0. The molecule has 0 unspecified atom stereocenters. The number of carbonyl (C=O) groups excluding carboxylic acids is 2. The number of nitrogens with one attached hydrogen (secondary N) is 1. The van der Waals surface area contributed by atoms with Crippen LogP contribution in [0, 0.1) is 0 Å². The van der Waals surface area contributed by atoms with Gasteiger partial charge in [0.1, 0.15) is 0 Å². The Morgan fingerprint density at radius 1 is 1.04 bits per heavy atom. The summed E-state index contributed by atoms with van der Waals surface area (Å²) in [7, 11) is 0. The summed E-state index contributed by atoms with van der Waals surface area (Å²) in [5.74, 6) is 0.520. The van der Waals surface area contributed by atoms with Gasteiger partial charge < -0.3 is 15.1 Å². The van der Waals surface area contributed by atoms with Crippen LogP contribution in [0.25, 0.3) is 0 Å². The predicted octanol–water partition coefficient (Wildman–Crippen LogP) is 1.73. The Bertz CT molecular complexity index is 771. The minimum absolute atomic E-state index is 0.0865. The Labute approximate surface area is 157 Å². The molecule has 1 aliphatic heterocycles. The molecule has 1 saturated heterocycles. The first kappa shape index (κ1) is 18.1. The molecule has 0 radical (unpaired) electrons. The van der Waals surface area contributed by atoms with Gasteiger partial charge in [-0.2, -0.15) is 0 Å². The molecule has 2 amide bonds. The second kappa shape index (κ2) is 8.14. The number of piperazine rings is 1. The van der Waals surface area contributed by atoms with Crippen LogP contribution in [0.2, 0.25) is 5.02 Å². The van der Waals surface area contributed by atoms with Gasteiger partial charge in [-0.1, -0.05) is 23.7 Å². The summed E-state index contributed by atoms with van der Waals surface area (Å²) in [5, 5.41) is 11.7. The second-order valence-electron chi connectivity index (χ2n) is 6.08. The summed E-state index contributed by atoms with van der Waals surface area (Å²) in [6.07, 6.45) is 0. The lowest BCUT2D eigenvalue weighted by atomic mass is 10.2. The molecule has 0 saturated carbocycles. The molecule has 8 heteroatoms. The van der Waals surface area contributed by atoms with E-state index in [9.17, 15) is 9.59 Å². The van der Waals surface area contributed by atoms with E-state index in [1.807, 2.05) is 17.0 Å². The number of amides is 2. The molecule has 0 aliphatic carbocycles. The van der Waals surface area contributed by atoms with Crippen molar-refractivity contribution in [1.29, 1.82) is 0 Å². The molecule has 1 fully saturated rings. The van der Waals surface area contributed by atoms with Gasteiger partial charge in [0.25, 0.3) is 5.91 Å². The van der Waals surface area contributed by atoms with Gasteiger partial charge in [-0.3, -0.25) is 9.59 Å². The average Bonchev–Trinajstić information content (AvgIpc) is 2.67. The number of rotatable bonds is 4. The highest BCUT2D eigenvalue weighted by Crippen LogP contribution is 2.13. The van der Waals surface area contributed by atoms with E-state index in [1.54, 1.807) is 31.2 Å². The van der Waals surface area contributed by atoms with Crippen molar-refractivity contribution < 1.29 is 9.59 Å². The molecule has 7 nitrogen and oxygen atoms in total. The maximum atomic E-state index is 12.2. The molecular weight excluding hydrogens is 354 g/mol. The number of anilines is 1. The number of nitrogens with zero attached hydrogens (tertiary/aromatic N) is 4. The standard InChI is InChI=1S/C18H20ClN5O2/c1-13(25)23-8-10-24(11-9-23)17-7-6-16(21-22-17)18(26)20-12-14-2-4-15(19)5-3-14/h2-7H,8-12H2,1H3,(H,20,26). The average molecular weight is 374 g/mol. The number of benzene rings is 1. The minimum atomic E-state index is -0.277. The van der Waals surface area contributed by atoms with Crippen LogP contribution in [0.5, 0.6) is 0 Å². The molecule has 1 N–H and O–H groups in total. The Balaban J connectivity index is 1.54. The van der Waals surface area contributed by atoms with E-state index in [-0.39, 0.29) is 17.5 Å². The summed E-state index contributed by atoms with van der Waals surface area (Å²) >= 11 is 5.84. The molecule has 0 atom stereocenters. The van der Waals surface area contributed by atoms with Gasteiger partial charge in [0, 0.05) is 44.7 Å². The number of halogens is 1. The molecule has 136 valence electrons. The summed E-state index contributed by atoms with van der Waals surface area (Å²) in [6, 6.07) is 10.7. The van der Waals surface area contributed by atoms with Crippen molar-refractivity contribution in [1.82, 2.24) is 20.4 Å². The molecule has 2 heterocycles. The van der Waals surface area contributed by atoms with Crippen molar-refractivity contribution >= 4 is 29.2 Å². The van der Waals surface area contributed by atoms with Crippen LogP contribution in [0.1, 0.15) is 23.0 Å². The van der Waals surface area contributed by atoms with Crippen molar-refractivity contribution in [3.05, 3.63) is 52.7 Å². The normalized spacial score (nSPS) is 14.2. The highest BCUT2D eigenvalue weighted by Gasteiger charge is 2.20. The molecule has 1 aromatic carbocycles. The van der Waals surface area contributed by atoms with Crippen LogP contribution >= 0.6 is 11.6 Å². The van der Waals surface area contributed by atoms with Crippen LogP contribution in [0.15, 0.2) is 36.4 Å². The van der Waals surface area contributed by atoms with Crippen LogP contribution in [0.4, 0.5) is 5.82 Å². The first-order chi connectivity index (χ1) is 12.5. The quantitative estimate of drug-likeness (QED) is 0.883. The SMILES string of the molecule is CC(=O)N1CCN(c2ccc(C(=O)NCc3ccc(Cl)cc3)nn2)CC1. The van der Waals surface area contributed by atoms with Crippen LogP contribution in [-0.2, 0) is 11.3 Å². The molecule has 2 aromatic rings. The van der Waals surface area contributed by atoms with E-state index < -0.39 is 0 Å². The van der Waals surface area contributed by atoms with Gasteiger partial charge in [0.15, 0.2) is 11.5 Å². The van der Waals surface area contributed by atoms with Gasteiger partial charge in [-0.05, 0) is 29.8 Å². The van der Waals surface area contributed by atoms with E-state index in [1.165, 1.54) is 0 Å². The van der Waals surface area contributed by atoms with Crippen molar-refractivity contribution in [3.63, 3.8) is 0 Å². The summed E-state index contributed by atoms with van der Waals surface area (Å²) in [4.78, 5) is 27.4. The highest BCUT2D eigenvalue weighted by atomic mass is 35.5. The van der Waals surface area contributed by atoms with E-state index in [2.05, 4.69) is 20.4 Å². The predicted molar refractivity (Wildman–Crippen MR) is 99.1 cm³/mol. The molecule has 3 rings (SSSR count). The zero-order chi connectivity index (χ0) is 18.5. The smallest absolute Gasteiger partial charge is 0.272 e. The van der Waals surface area contributed by atoms with Crippen molar-refractivity contribution in [2.45, 2.75) is 13.5 Å². The monoisotopic (exact) mass is 373 g/mol. The van der Waals surface area contributed by atoms with Gasteiger partial charge in [-0.15, -0.1) is 10.2 Å². The fraction of sp³-hybridized carbons (Fsp3) is 0.333. The number of hydrogen-bond acceptors (Lipinski definition) is 5. The maximum absolute atomic E-state index is 12.2.